The summed E-state index contributed by atoms with van der Waals surface area (Å²) >= 11 is 0. The van der Waals surface area contributed by atoms with E-state index in [9.17, 15) is 9.18 Å². The molecule has 1 aromatic carbocycles. The van der Waals surface area contributed by atoms with Crippen LogP contribution in [0.2, 0.25) is 0 Å². The molecule has 2 N–H and O–H groups in total. The monoisotopic (exact) mass is 316 g/mol. The molecule has 1 amide bonds. The predicted octanol–water partition coefficient (Wildman–Crippen LogP) is 2.10. The van der Waals surface area contributed by atoms with Gasteiger partial charge in [0, 0.05) is 19.6 Å². The Hall–Kier alpha value is -1.17. The summed E-state index contributed by atoms with van der Waals surface area (Å²) in [5.41, 5.74) is 6.34. The Kier molecular flexibility index (Phi) is 7.08. The maximum absolute atomic E-state index is 13.2. The van der Waals surface area contributed by atoms with Crippen molar-refractivity contribution in [3.63, 3.8) is 0 Å². The van der Waals surface area contributed by atoms with Crippen molar-refractivity contribution in [3.05, 3.63) is 35.6 Å². The van der Waals surface area contributed by atoms with Crippen LogP contribution in [0.25, 0.3) is 0 Å². The Morgan fingerprint density at radius 1 is 1.48 bits per heavy atom. The fourth-order valence-corrected chi connectivity index (χ4v) is 2.47. The van der Waals surface area contributed by atoms with Crippen molar-refractivity contribution in [3.8, 4) is 0 Å². The van der Waals surface area contributed by atoms with E-state index in [4.69, 9.17) is 10.5 Å². The van der Waals surface area contributed by atoms with Crippen LogP contribution in [-0.4, -0.2) is 36.1 Å². The Labute approximate surface area is 130 Å². The van der Waals surface area contributed by atoms with Crippen LogP contribution >= 0.6 is 12.4 Å². The molecule has 0 unspecified atom stereocenters. The highest BCUT2D eigenvalue weighted by molar-refractivity contribution is 5.85. The molecule has 1 aliphatic rings. The number of halogens is 2. The maximum atomic E-state index is 13.2. The van der Waals surface area contributed by atoms with Gasteiger partial charge in [-0.05, 0) is 37.5 Å². The first-order valence-corrected chi connectivity index (χ1v) is 7.02. The molecule has 21 heavy (non-hydrogen) atoms. The normalized spacial score (nSPS) is 20.9. The van der Waals surface area contributed by atoms with Crippen molar-refractivity contribution in [1.29, 1.82) is 0 Å². The molecule has 0 radical (unpaired) electrons. The van der Waals surface area contributed by atoms with E-state index in [1.54, 1.807) is 11.0 Å². The molecule has 0 saturated carbocycles. The molecule has 1 aromatic rings. The van der Waals surface area contributed by atoms with Gasteiger partial charge in [0.1, 0.15) is 11.9 Å². The molecule has 6 heteroatoms. The highest BCUT2D eigenvalue weighted by Crippen LogP contribution is 2.21. The third kappa shape index (κ3) is 4.66. The van der Waals surface area contributed by atoms with Gasteiger partial charge in [-0.2, -0.15) is 0 Å². The van der Waals surface area contributed by atoms with E-state index in [1.807, 2.05) is 13.0 Å². The molecule has 118 valence electrons. The molecule has 1 heterocycles. The smallest absolute Gasteiger partial charge is 0.252 e. The first-order valence-electron chi connectivity index (χ1n) is 7.02. The first kappa shape index (κ1) is 17.9. The van der Waals surface area contributed by atoms with Gasteiger partial charge in [0.05, 0.1) is 6.10 Å². The van der Waals surface area contributed by atoms with Crippen LogP contribution in [0.15, 0.2) is 24.3 Å². The van der Waals surface area contributed by atoms with Gasteiger partial charge in [-0.3, -0.25) is 4.79 Å². The maximum Gasteiger partial charge on any atom is 0.252 e. The quantitative estimate of drug-likeness (QED) is 0.905. The molecule has 0 spiro atoms. The SMILES string of the molecule is CCN(Cc1cccc(F)c1)C(=O)[C@@H]1CC[C@H](CN)O1.Cl. The summed E-state index contributed by atoms with van der Waals surface area (Å²) in [6.45, 7) is 3.33. The molecule has 0 aliphatic carbocycles. The molecule has 1 fully saturated rings. The van der Waals surface area contributed by atoms with E-state index in [0.717, 1.165) is 12.0 Å². The standard InChI is InChI=1S/C15H21FN2O2.ClH/c1-2-18(10-11-4-3-5-12(16)8-11)15(19)14-7-6-13(9-17)20-14;/h3-5,8,13-14H,2,6-7,9-10,17H2,1H3;1H/t13-,14+;/m1./s1. The zero-order chi connectivity index (χ0) is 14.5. The lowest BCUT2D eigenvalue weighted by Gasteiger charge is -2.24. The highest BCUT2D eigenvalue weighted by Gasteiger charge is 2.32. The Morgan fingerprint density at radius 3 is 2.81 bits per heavy atom. The Balaban J connectivity index is 0.00000220. The predicted molar refractivity (Wildman–Crippen MR) is 81.7 cm³/mol. The van der Waals surface area contributed by atoms with Crippen molar-refractivity contribution < 1.29 is 13.9 Å². The number of amides is 1. The molecule has 4 nitrogen and oxygen atoms in total. The zero-order valence-corrected chi connectivity index (χ0v) is 12.9. The molecule has 0 bridgehead atoms. The number of nitrogens with zero attached hydrogens (tertiary/aromatic N) is 1. The number of hydrogen-bond acceptors (Lipinski definition) is 3. The number of rotatable bonds is 5. The average Bonchev–Trinajstić information content (AvgIpc) is 2.93. The van der Waals surface area contributed by atoms with Gasteiger partial charge in [0.2, 0.25) is 0 Å². The number of hydrogen-bond donors (Lipinski definition) is 1. The van der Waals surface area contributed by atoms with Crippen molar-refractivity contribution in [1.82, 2.24) is 4.90 Å². The summed E-state index contributed by atoms with van der Waals surface area (Å²) < 4.78 is 18.8. The van der Waals surface area contributed by atoms with Crippen LogP contribution in [-0.2, 0) is 16.1 Å². The minimum absolute atomic E-state index is 0. The van der Waals surface area contributed by atoms with E-state index >= 15 is 0 Å². The summed E-state index contributed by atoms with van der Waals surface area (Å²) in [6.07, 6.45) is 1.11. The van der Waals surface area contributed by atoms with Crippen LogP contribution in [0.3, 0.4) is 0 Å². The highest BCUT2D eigenvalue weighted by atomic mass is 35.5. The lowest BCUT2D eigenvalue weighted by molar-refractivity contribution is -0.143. The van der Waals surface area contributed by atoms with Gasteiger partial charge in [-0.1, -0.05) is 12.1 Å². The third-order valence-corrected chi connectivity index (χ3v) is 3.60. The van der Waals surface area contributed by atoms with Gasteiger partial charge >= 0.3 is 0 Å². The minimum atomic E-state index is -0.406. The zero-order valence-electron chi connectivity index (χ0n) is 12.1. The second-order valence-corrected chi connectivity index (χ2v) is 5.04. The van der Waals surface area contributed by atoms with E-state index in [0.29, 0.717) is 26.1 Å². The van der Waals surface area contributed by atoms with Crippen molar-refractivity contribution >= 4 is 18.3 Å². The molecule has 1 aliphatic heterocycles. The van der Waals surface area contributed by atoms with Gasteiger partial charge in [0.15, 0.2) is 0 Å². The molecular weight excluding hydrogens is 295 g/mol. The fraction of sp³-hybridized carbons (Fsp3) is 0.533. The van der Waals surface area contributed by atoms with E-state index in [1.165, 1.54) is 12.1 Å². The number of benzene rings is 1. The molecule has 0 aromatic heterocycles. The van der Waals surface area contributed by atoms with Crippen molar-refractivity contribution in [2.45, 2.75) is 38.5 Å². The molecule has 2 atom stereocenters. The van der Waals surface area contributed by atoms with Crippen molar-refractivity contribution in [2.75, 3.05) is 13.1 Å². The van der Waals surface area contributed by atoms with Gasteiger partial charge in [-0.15, -0.1) is 12.4 Å². The topological polar surface area (TPSA) is 55.6 Å². The van der Waals surface area contributed by atoms with Crippen LogP contribution in [0.5, 0.6) is 0 Å². The second kappa shape index (κ2) is 8.32. The first-order chi connectivity index (χ1) is 9.63. The van der Waals surface area contributed by atoms with Gasteiger partial charge < -0.3 is 15.4 Å². The fourth-order valence-electron chi connectivity index (χ4n) is 2.47. The van der Waals surface area contributed by atoms with Gasteiger partial charge in [-0.25, -0.2) is 4.39 Å². The Morgan fingerprint density at radius 2 is 2.24 bits per heavy atom. The number of carbonyl (C=O) groups is 1. The molecule has 1 saturated heterocycles. The molecule has 2 rings (SSSR count). The number of carbonyl (C=O) groups excluding carboxylic acids is 1. The summed E-state index contributed by atoms with van der Waals surface area (Å²) in [7, 11) is 0. The number of ether oxygens (including phenoxy) is 1. The van der Waals surface area contributed by atoms with Crippen LogP contribution in [0.4, 0.5) is 4.39 Å². The minimum Gasteiger partial charge on any atom is -0.364 e. The summed E-state index contributed by atoms with van der Waals surface area (Å²) in [6, 6.07) is 6.32. The van der Waals surface area contributed by atoms with Crippen LogP contribution in [0.1, 0.15) is 25.3 Å². The summed E-state index contributed by atoms with van der Waals surface area (Å²) in [4.78, 5) is 14.1. The summed E-state index contributed by atoms with van der Waals surface area (Å²) in [5, 5.41) is 0. The lowest BCUT2D eigenvalue weighted by Crippen LogP contribution is -2.39. The van der Waals surface area contributed by atoms with E-state index in [-0.39, 0.29) is 30.2 Å². The second-order valence-electron chi connectivity index (χ2n) is 5.04. The summed E-state index contributed by atoms with van der Waals surface area (Å²) in [5.74, 6) is -0.320. The van der Waals surface area contributed by atoms with Crippen LogP contribution in [0, 0.1) is 5.82 Å². The number of likely N-dealkylation sites (N-methyl/N-ethyl adjacent to an activating group) is 1. The Bertz CT molecular complexity index is 473. The van der Waals surface area contributed by atoms with E-state index in [2.05, 4.69) is 0 Å². The molecular formula is C15H22ClFN2O2. The van der Waals surface area contributed by atoms with Gasteiger partial charge in [0.25, 0.3) is 5.91 Å². The van der Waals surface area contributed by atoms with Crippen molar-refractivity contribution in [2.24, 2.45) is 5.73 Å². The third-order valence-electron chi connectivity index (χ3n) is 3.60. The number of nitrogens with two attached hydrogens (primary N) is 1. The average molecular weight is 317 g/mol. The lowest BCUT2D eigenvalue weighted by atomic mass is 10.1. The van der Waals surface area contributed by atoms with Crippen LogP contribution < -0.4 is 5.73 Å². The largest absolute Gasteiger partial charge is 0.364 e. The van der Waals surface area contributed by atoms with E-state index < -0.39 is 6.10 Å².